The van der Waals surface area contributed by atoms with Crippen molar-refractivity contribution in [2.45, 2.75) is 18.3 Å². The Morgan fingerprint density at radius 1 is 1.35 bits per heavy atom. The van der Waals surface area contributed by atoms with Crippen molar-refractivity contribution in [1.82, 2.24) is 10.6 Å². The number of benzene rings is 1. The fourth-order valence-corrected chi connectivity index (χ4v) is 3.03. The summed E-state index contributed by atoms with van der Waals surface area (Å²) in [5.74, 6) is 0.713. The number of guanidine groups is 1. The molecular formula is C15H23ClIN3O2S. The van der Waals surface area contributed by atoms with Crippen LogP contribution >= 0.6 is 35.6 Å². The quantitative estimate of drug-likeness (QED) is 0.379. The Kier molecular flexibility index (Phi) is 7.60. The maximum atomic E-state index is 11.1. The third-order valence-electron chi connectivity index (χ3n) is 3.87. The zero-order valence-corrected chi connectivity index (χ0v) is 17.2. The molecule has 0 saturated heterocycles. The lowest BCUT2D eigenvalue weighted by molar-refractivity contribution is 0.599. The van der Waals surface area contributed by atoms with Crippen LogP contribution in [0.25, 0.3) is 0 Å². The number of hydrogen-bond acceptors (Lipinski definition) is 3. The highest BCUT2D eigenvalue weighted by molar-refractivity contribution is 14.0. The van der Waals surface area contributed by atoms with E-state index in [-0.39, 0.29) is 35.1 Å². The lowest BCUT2D eigenvalue weighted by atomic mass is 9.96. The smallest absolute Gasteiger partial charge is 0.191 e. The van der Waals surface area contributed by atoms with Gasteiger partial charge in [0, 0.05) is 36.8 Å². The SMILES string of the molecule is CN=C(NCCS(C)(=O)=O)NCC1(c2cccc(Cl)c2)CC1.I. The van der Waals surface area contributed by atoms with E-state index in [2.05, 4.69) is 21.7 Å². The fourth-order valence-electron chi connectivity index (χ4n) is 2.37. The summed E-state index contributed by atoms with van der Waals surface area (Å²) in [6.07, 6.45) is 3.45. The van der Waals surface area contributed by atoms with E-state index < -0.39 is 9.84 Å². The summed E-state index contributed by atoms with van der Waals surface area (Å²) >= 11 is 6.07. The largest absolute Gasteiger partial charge is 0.356 e. The highest BCUT2D eigenvalue weighted by atomic mass is 127. The van der Waals surface area contributed by atoms with Crippen molar-refractivity contribution >= 4 is 51.4 Å². The van der Waals surface area contributed by atoms with Crippen molar-refractivity contribution in [2.24, 2.45) is 4.99 Å². The number of rotatable bonds is 6. The first-order valence-corrected chi connectivity index (χ1v) is 9.67. The lowest BCUT2D eigenvalue weighted by Gasteiger charge is -2.19. The van der Waals surface area contributed by atoms with Gasteiger partial charge in [0.1, 0.15) is 9.84 Å². The molecule has 0 heterocycles. The van der Waals surface area contributed by atoms with E-state index in [9.17, 15) is 8.42 Å². The highest BCUT2D eigenvalue weighted by Gasteiger charge is 2.44. The minimum atomic E-state index is -2.97. The minimum Gasteiger partial charge on any atom is -0.356 e. The fraction of sp³-hybridized carbons (Fsp3) is 0.533. The second-order valence-electron chi connectivity index (χ2n) is 5.77. The molecule has 0 aromatic heterocycles. The third-order valence-corrected chi connectivity index (χ3v) is 5.05. The van der Waals surface area contributed by atoms with E-state index in [4.69, 9.17) is 11.6 Å². The zero-order valence-electron chi connectivity index (χ0n) is 13.3. The Morgan fingerprint density at radius 2 is 2.04 bits per heavy atom. The molecule has 0 aliphatic heterocycles. The van der Waals surface area contributed by atoms with Crippen LogP contribution in [0.4, 0.5) is 0 Å². The van der Waals surface area contributed by atoms with E-state index in [1.54, 1.807) is 7.05 Å². The van der Waals surface area contributed by atoms with Gasteiger partial charge in [0.05, 0.1) is 5.75 Å². The van der Waals surface area contributed by atoms with Gasteiger partial charge in [-0.05, 0) is 30.5 Å². The molecule has 8 heteroatoms. The first-order valence-electron chi connectivity index (χ1n) is 7.23. The number of nitrogens with one attached hydrogen (secondary N) is 2. The predicted octanol–water partition coefficient (Wildman–Crippen LogP) is 2.20. The summed E-state index contributed by atoms with van der Waals surface area (Å²) in [4.78, 5) is 4.12. The summed E-state index contributed by atoms with van der Waals surface area (Å²) in [6, 6.07) is 7.95. The van der Waals surface area contributed by atoms with Crippen LogP contribution in [0.2, 0.25) is 5.02 Å². The van der Waals surface area contributed by atoms with Gasteiger partial charge in [-0.2, -0.15) is 0 Å². The molecule has 2 N–H and O–H groups in total. The Labute approximate surface area is 160 Å². The van der Waals surface area contributed by atoms with Gasteiger partial charge in [-0.25, -0.2) is 8.42 Å². The van der Waals surface area contributed by atoms with E-state index in [1.165, 1.54) is 11.8 Å². The number of sulfone groups is 1. The molecule has 0 radical (unpaired) electrons. The van der Waals surface area contributed by atoms with Gasteiger partial charge < -0.3 is 10.6 Å². The summed E-state index contributed by atoms with van der Waals surface area (Å²) in [7, 11) is -1.29. The zero-order chi connectivity index (χ0) is 16.2. The first kappa shape index (κ1) is 20.5. The van der Waals surface area contributed by atoms with Crippen molar-refractivity contribution in [2.75, 3.05) is 32.1 Å². The molecule has 0 spiro atoms. The molecule has 5 nitrogen and oxygen atoms in total. The van der Waals surface area contributed by atoms with Gasteiger partial charge in [-0.1, -0.05) is 23.7 Å². The lowest BCUT2D eigenvalue weighted by Crippen LogP contribution is -2.42. The molecule has 0 unspecified atom stereocenters. The van der Waals surface area contributed by atoms with E-state index in [0.29, 0.717) is 12.5 Å². The van der Waals surface area contributed by atoms with Crippen LogP contribution in [0.1, 0.15) is 18.4 Å². The average molecular weight is 472 g/mol. The van der Waals surface area contributed by atoms with Gasteiger partial charge in [0.2, 0.25) is 0 Å². The van der Waals surface area contributed by atoms with Crippen molar-refractivity contribution in [1.29, 1.82) is 0 Å². The van der Waals surface area contributed by atoms with Crippen LogP contribution in [0, 0.1) is 0 Å². The molecule has 23 heavy (non-hydrogen) atoms. The molecule has 1 aliphatic rings. The van der Waals surface area contributed by atoms with Crippen LogP contribution in [0.5, 0.6) is 0 Å². The molecule has 1 aromatic carbocycles. The maximum absolute atomic E-state index is 11.1. The van der Waals surface area contributed by atoms with Crippen LogP contribution < -0.4 is 10.6 Å². The van der Waals surface area contributed by atoms with E-state index >= 15 is 0 Å². The molecule has 0 amide bonds. The molecule has 0 atom stereocenters. The van der Waals surface area contributed by atoms with Gasteiger partial charge in [0.25, 0.3) is 0 Å². The average Bonchev–Trinajstić information content (AvgIpc) is 3.22. The summed E-state index contributed by atoms with van der Waals surface area (Å²) in [5.41, 5.74) is 1.35. The van der Waals surface area contributed by atoms with Crippen molar-refractivity contribution in [3.63, 3.8) is 0 Å². The van der Waals surface area contributed by atoms with Crippen LogP contribution in [0.3, 0.4) is 0 Å². The Hall–Kier alpha value is -0.540. The van der Waals surface area contributed by atoms with E-state index in [0.717, 1.165) is 24.4 Å². The minimum absolute atomic E-state index is 0. The molecule has 130 valence electrons. The molecule has 0 bridgehead atoms. The summed E-state index contributed by atoms with van der Waals surface area (Å²) in [5, 5.41) is 7.05. The topological polar surface area (TPSA) is 70.6 Å². The number of hydrogen-bond donors (Lipinski definition) is 2. The normalized spacial score (nSPS) is 16.4. The van der Waals surface area contributed by atoms with Crippen LogP contribution in [-0.2, 0) is 15.3 Å². The Morgan fingerprint density at radius 3 is 2.57 bits per heavy atom. The van der Waals surface area contributed by atoms with Gasteiger partial charge in [0.15, 0.2) is 5.96 Å². The second-order valence-corrected chi connectivity index (χ2v) is 8.47. The Bertz CT molecular complexity index is 660. The van der Waals surface area contributed by atoms with Crippen molar-refractivity contribution in [3.05, 3.63) is 34.9 Å². The van der Waals surface area contributed by atoms with Crippen LogP contribution in [-0.4, -0.2) is 46.5 Å². The predicted molar refractivity (Wildman–Crippen MR) is 107 cm³/mol. The highest BCUT2D eigenvalue weighted by Crippen LogP contribution is 2.48. The second kappa shape index (κ2) is 8.53. The standard InChI is InChI=1S/C15H22ClN3O2S.HI/c1-17-14(18-8-9-22(2,20)21)19-11-15(6-7-15)12-4-3-5-13(16)10-12;/h3-5,10H,6-9,11H2,1-2H3,(H2,17,18,19);1H. The van der Waals surface area contributed by atoms with Crippen LogP contribution in [0.15, 0.2) is 29.3 Å². The van der Waals surface area contributed by atoms with Crippen molar-refractivity contribution in [3.8, 4) is 0 Å². The third kappa shape index (κ3) is 6.46. The number of nitrogens with zero attached hydrogens (tertiary/aromatic N) is 1. The Balaban J connectivity index is 0.00000264. The van der Waals surface area contributed by atoms with Gasteiger partial charge in [-0.15, -0.1) is 24.0 Å². The monoisotopic (exact) mass is 471 g/mol. The number of halogens is 2. The number of aliphatic imine (C=N–C) groups is 1. The van der Waals surface area contributed by atoms with Gasteiger partial charge in [-0.3, -0.25) is 4.99 Å². The molecule has 1 aliphatic carbocycles. The molecule has 1 aromatic rings. The van der Waals surface area contributed by atoms with Gasteiger partial charge >= 0.3 is 0 Å². The summed E-state index contributed by atoms with van der Waals surface area (Å²) in [6.45, 7) is 1.11. The molecule has 2 rings (SSSR count). The first-order chi connectivity index (χ1) is 10.3. The summed E-state index contributed by atoms with van der Waals surface area (Å²) < 4.78 is 22.3. The van der Waals surface area contributed by atoms with E-state index in [1.807, 2.05) is 18.2 Å². The maximum Gasteiger partial charge on any atom is 0.191 e. The molecule has 1 fully saturated rings. The van der Waals surface area contributed by atoms with Crippen molar-refractivity contribution < 1.29 is 8.42 Å². The molecular weight excluding hydrogens is 449 g/mol. The molecule has 1 saturated carbocycles.